The fraction of sp³-hybridized carbons (Fsp3) is 0.632. The molecule has 9 nitrogen and oxygen atoms in total. The molecule has 2 amide bonds. The Morgan fingerprint density at radius 2 is 2.07 bits per heavy atom. The molecule has 1 spiro atoms. The van der Waals surface area contributed by atoms with Gasteiger partial charge in [0.1, 0.15) is 18.5 Å². The highest BCUT2D eigenvalue weighted by Crippen LogP contribution is 2.45. The number of hydrogen-bond acceptors (Lipinski definition) is 5. The minimum Gasteiger partial charge on any atom is -0.346 e. The average molecular weight is 383 g/mol. The van der Waals surface area contributed by atoms with Crippen molar-refractivity contribution in [2.45, 2.75) is 56.7 Å². The van der Waals surface area contributed by atoms with Gasteiger partial charge in [-0.1, -0.05) is 12.8 Å². The van der Waals surface area contributed by atoms with Gasteiger partial charge in [0, 0.05) is 44.2 Å². The molecule has 2 aliphatic heterocycles. The molecular weight excluding hydrogens is 358 g/mol. The second-order valence-corrected chi connectivity index (χ2v) is 8.29. The molecule has 5 rings (SSSR count). The Labute approximate surface area is 163 Å². The van der Waals surface area contributed by atoms with E-state index in [0.29, 0.717) is 18.9 Å². The van der Waals surface area contributed by atoms with Gasteiger partial charge in [0.05, 0.1) is 18.1 Å². The van der Waals surface area contributed by atoms with Crippen LogP contribution in [0.2, 0.25) is 0 Å². The van der Waals surface area contributed by atoms with Crippen molar-refractivity contribution in [2.75, 3.05) is 13.1 Å². The largest absolute Gasteiger partial charge is 0.346 e. The summed E-state index contributed by atoms with van der Waals surface area (Å²) in [5.74, 6) is 1.39. The van der Waals surface area contributed by atoms with Gasteiger partial charge >= 0.3 is 0 Å². The predicted molar refractivity (Wildman–Crippen MR) is 98.9 cm³/mol. The zero-order valence-corrected chi connectivity index (χ0v) is 15.8. The van der Waals surface area contributed by atoms with Crippen LogP contribution >= 0.6 is 0 Å². The van der Waals surface area contributed by atoms with Crippen molar-refractivity contribution in [1.82, 2.24) is 34.5 Å². The van der Waals surface area contributed by atoms with Crippen molar-refractivity contribution >= 4 is 11.8 Å². The maximum atomic E-state index is 12.7. The van der Waals surface area contributed by atoms with Gasteiger partial charge in [-0.3, -0.25) is 14.3 Å². The number of aromatic nitrogens is 5. The van der Waals surface area contributed by atoms with E-state index in [4.69, 9.17) is 0 Å². The molecule has 1 atom stereocenters. The molecule has 1 saturated heterocycles. The van der Waals surface area contributed by atoms with Crippen molar-refractivity contribution in [3.8, 4) is 0 Å². The number of hydrogen-bond donors (Lipinski definition) is 1. The summed E-state index contributed by atoms with van der Waals surface area (Å²) in [6, 6.07) is -0.109. The average Bonchev–Trinajstić information content (AvgIpc) is 3.44. The Kier molecular flexibility index (Phi) is 4.17. The standard InChI is InChI=1S/C19H25N7O2/c27-16(5-7-25-13-20-12-22-25)23-15-9-19(26-8-6-21-17(15)26)10-24(11-19)18(28)14-3-1-2-4-14/h6,8,12-15H,1-5,7,9-11H2,(H,23,27). The van der Waals surface area contributed by atoms with Crippen LogP contribution in [0, 0.1) is 5.92 Å². The zero-order chi connectivity index (χ0) is 19.1. The van der Waals surface area contributed by atoms with E-state index < -0.39 is 0 Å². The molecule has 1 unspecified atom stereocenters. The highest BCUT2D eigenvalue weighted by Gasteiger charge is 2.54. The molecule has 1 N–H and O–H groups in total. The summed E-state index contributed by atoms with van der Waals surface area (Å²) in [7, 11) is 0. The number of rotatable bonds is 5. The lowest BCUT2D eigenvalue weighted by atomic mass is 9.85. The molecule has 2 aromatic heterocycles. The molecule has 0 aromatic carbocycles. The van der Waals surface area contributed by atoms with Crippen molar-refractivity contribution in [3.05, 3.63) is 30.9 Å². The highest BCUT2D eigenvalue weighted by molar-refractivity contribution is 5.80. The third-order valence-electron chi connectivity index (χ3n) is 6.43. The first-order valence-electron chi connectivity index (χ1n) is 10.1. The van der Waals surface area contributed by atoms with Gasteiger partial charge in [-0.05, 0) is 12.8 Å². The summed E-state index contributed by atoms with van der Waals surface area (Å²) in [6.07, 6.45) is 12.4. The normalized spacial score (nSPS) is 23.0. The Balaban J connectivity index is 1.21. The molecule has 4 heterocycles. The Morgan fingerprint density at radius 3 is 2.82 bits per heavy atom. The molecule has 148 valence electrons. The number of fused-ring (bicyclic) bond motifs is 2. The maximum absolute atomic E-state index is 12.7. The molecule has 3 aliphatic rings. The molecule has 1 saturated carbocycles. The Morgan fingerprint density at radius 1 is 1.25 bits per heavy atom. The number of imidazole rings is 1. The van der Waals surface area contributed by atoms with E-state index in [1.165, 1.54) is 19.2 Å². The van der Waals surface area contributed by atoms with Gasteiger partial charge in [0.2, 0.25) is 11.8 Å². The molecule has 2 fully saturated rings. The number of nitrogens with one attached hydrogen (secondary N) is 1. The van der Waals surface area contributed by atoms with Crippen molar-refractivity contribution < 1.29 is 9.59 Å². The van der Waals surface area contributed by atoms with Crippen molar-refractivity contribution in [2.24, 2.45) is 5.92 Å². The van der Waals surface area contributed by atoms with Gasteiger partial charge in [0.25, 0.3) is 0 Å². The summed E-state index contributed by atoms with van der Waals surface area (Å²) in [5.41, 5.74) is -0.121. The second-order valence-electron chi connectivity index (χ2n) is 8.29. The molecule has 0 radical (unpaired) electrons. The minimum absolute atomic E-state index is 0.0229. The molecule has 2 aromatic rings. The SMILES string of the molecule is O=C(CCn1cncn1)NC1CC2(CN(C(=O)C3CCCC3)C2)n2ccnc21. The molecule has 1 aliphatic carbocycles. The number of nitrogens with zero attached hydrogens (tertiary/aromatic N) is 6. The monoisotopic (exact) mass is 383 g/mol. The lowest BCUT2D eigenvalue weighted by Crippen LogP contribution is -2.63. The summed E-state index contributed by atoms with van der Waals surface area (Å²) in [6.45, 7) is 1.94. The maximum Gasteiger partial charge on any atom is 0.225 e. The first kappa shape index (κ1) is 17.4. The third-order valence-corrected chi connectivity index (χ3v) is 6.43. The molecule has 0 bridgehead atoms. The van der Waals surface area contributed by atoms with E-state index in [2.05, 4.69) is 25.0 Å². The number of carbonyl (C=O) groups excluding carboxylic acids is 2. The second kappa shape index (κ2) is 6.72. The van der Waals surface area contributed by atoms with Crippen LogP contribution < -0.4 is 5.32 Å². The lowest BCUT2D eigenvalue weighted by molar-refractivity contribution is -0.146. The van der Waals surface area contributed by atoms with E-state index in [-0.39, 0.29) is 23.4 Å². The zero-order valence-electron chi connectivity index (χ0n) is 15.8. The minimum atomic E-state index is -0.121. The van der Waals surface area contributed by atoms with Crippen LogP contribution in [-0.4, -0.2) is 54.1 Å². The van der Waals surface area contributed by atoms with Gasteiger partial charge in [-0.25, -0.2) is 9.97 Å². The van der Waals surface area contributed by atoms with Gasteiger partial charge in [0.15, 0.2) is 0 Å². The Bertz CT molecular complexity index is 863. The van der Waals surface area contributed by atoms with Crippen LogP contribution in [0.5, 0.6) is 0 Å². The van der Waals surface area contributed by atoms with E-state index in [1.54, 1.807) is 17.2 Å². The number of likely N-dealkylation sites (tertiary alicyclic amines) is 1. The number of aryl methyl sites for hydroxylation is 1. The van der Waals surface area contributed by atoms with E-state index in [9.17, 15) is 9.59 Å². The van der Waals surface area contributed by atoms with Crippen LogP contribution in [0.1, 0.15) is 50.4 Å². The molecule has 28 heavy (non-hydrogen) atoms. The summed E-state index contributed by atoms with van der Waals surface area (Å²) >= 11 is 0. The fourth-order valence-corrected chi connectivity index (χ4v) is 5.02. The van der Waals surface area contributed by atoms with Crippen LogP contribution in [0.15, 0.2) is 25.0 Å². The van der Waals surface area contributed by atoms with Crippen LogP contribution in [-0.2, 0) is 21.7 Å². The first-order chi connectivity index (χ1) is 13.6. The van der Waals surface area contributed by atoms with Crippen molar-refractivity contribution in [1.29, 1.82) is 0 Å². The first-order valence-corrected chi connectivity index (χ1v) is 10.1. The number of carbonyl (C=O) groups is 2. The fourth-order valence-electron chi connectivity index (χ4n) is 5.02. The summed E-state index contributed by atoms with van der Waals surface area (Å²) < 4.78 is 3.82. The van der Waals surface area contributed by atoms with Crippen LogP contribution in [0.4, 0.5) is 0 Å². The smallest absolute Gasteiger partial charge is 0.225 e. The van der Waals surface area contributed by atoms with E-state index >= 15 is 0 Å². The van der Waals surface area contributed by atoms with E-state index in [1.807, 2.05) is 11.1 Å². The lowest BCUT2D eigenvalue weighted by Gasteiger charge is -2.49. The highest BCUT2D eigenvalue weighted by atomic mass is 16.2. The van der Waals surface area contributed by atoms with Gasteiger partial charge in [-0.2, -0.15) is 5.10 Å². The van der Waals surface area contributed by atoms with Crippen molar-refractivity contribution in [3.63, 3.8) is 0 Å². The van der Waals surface area contributed by atoms with E-state index in [0.717, 1.165) is 38.2 Å². The predicted octanol–water partition coefficient (Wildman–Crippen LogP) is 0.854. The van der Waals surface area contributed by atoms with Crippen LogP contribution in [0.3, 0.4) is 0 Å². The third kappa shape index (κ3) is 2.89. The van der Waals surface area contributed by atoms with Crippen LogP contribution in [0.25, 0.3) is 0 Å². The quantitative estimate of drug-likeness (QED) is 0.826. The molecule has 9 heteroatoms. The topological polar surface area (TPSA) is 97.9 Å². The summed E-state index contributed by atoms with van der Waals surface area (Å²) in [4.78, 5) is 35.5. The number of amides is 2. The Hall–Kier alpha value is -2.71. The molecular formula is C19H25N7O2. The summed E-state index contributed by atoms with van der Waals surface area (Å²) in [5, 5.41) is 7.14. The van der Waals surface area contributed by atoms with Gasteiger partial charge in [-0.15, -0.1) is 0 Å². The van der Waals surface area contributed by atoms with Gasteiger partial charge < -0.3 is 14.8 Å².